The number of carbonyl (C=O) groups excluding carboxylic acids is 1. The summed E-state index contributed by atoms with van der Waals surface area (Å²) < 4.78 is 1.34. The van der Waals surface area contributed by atoms with Crippen molar-refractivity contribution in [2.75, 3.05) is 5.32 Å². The molecular formula is C23H17Cl2N3O2. The molecule has 30 heavy (non-hydrogen) atoms. The number of carbonyl (C=O) groups is 1. The molecule has 0 aliphatic rings. The van der Waals surface area contributed by atoms with Crippen LogP contribution in [0.1, 0.15) is 6.42 Å². The maximum atomic E-state index is 12.9. The molecule has 0 fully saturated rings. The zero-order chi connectivity index (χ0) is 21.1. The van der Waals surface area contributed by atoms with Gasteiger partial charge in [0.15, 0.2) is 0 Å². The van der Waals surface area contributed by atoms with Gasteiger partial charge in [0.05, 0.1) is 17.6 Å². The van der Waals surface area contributed by atoms with Crippen LogP contribution in [-0.2, 0) is 11.3 Å². The third kappa shape index (κ3) is 4.37. The molecule has 0 radical (unpaired) electrons. The van der Waals surface area contributed by atoms with Crippen LogP contribution in [0.4, 0.5) is 5.69 Å². The summed E-state index contributed by atoms with van der Waals surface area (Å²) >= 11 is 12.0. The zero-order valence-electron chi connectivity index (χ0n) is 15.8. The molecule has 0 atom stereocenters. The van der Waals surface area contributed by atoms with E-state index in [0.29, 0.717) is 26.8 Å². The van der Waals surface area contributed by atoms with Crippen molar-refractivity contribution in [1.29, 1.82) is 0 Å². The number of aryl methyl sites for hydroxylation is 1. The van der Waals surface area contributed by atoms with Gasteiger partial charge < -0.3 is 5.32 Å². The number of fused-ring (bicyclic) bond motifs is 1. The number of rotatable bonds is 5. The van der Waals surface area contributed by atoms with E-state index in [1.165, 1.54) is 4.68 Å². The van der Waals surface area contributed by atoms with Gasteiger partial charge in [0, 0.05) is 33.1 Å². The number of amides is 1. The minimum Gasteiger partial charge on any atom is -0.326 e. The molecule has 0 spiro atoms. The Labute approximate surface area is 182 Å². The first kappa shape index (κ1) is 20.1. The molecule has 0 unspecified atom stereocenters. The number of anilines is 1. The predicted molar refractivity (Wildman–Crippen MR) is 121 cm³/mol. The SMILES string of the molecule is O=C(CCn1nc(-c2ccc(Cl)cc2)c2ccccc2c1=O)Nc1cccc(Cl)c1. The molecule has 0 saturated heterocycles. The van der Waals surface area contributed by atoms with E-state index < -0.39 is 0 Å². The fourth-order valence-electron chi connectivity index (χ4n) is 3.20. The smallest absolute Gasteiger partial charge is 0.274 e. The Hall–Kier alpha value is -3.15. The van der Waals surface area contributed by atoms with Gasteiger partial charge in [-0.3, -0.25) is 9.59 Å². The van der Waals surface area contributed by atoms with Gasteiger partial charge in [-0.15, -0.1) is 0 Å². The third-order valence-electron chi connectivity index (χ3n) is 4.64. The fourth-order valence-corrected chi connectivity index (χ4v) is 3.52. The molecule has 4 aromatic rings. The average molecular weight is 438 g/mol. The summed E-state index contributed by atoms with van der Waals surface area (Å²) in [7, 11) is 0. The molecule has 5 nitrogen and oxygen atoms in total. The van der Waals surface area contributed by atoms with Crippen LogP contribution in [0.5, 0.6) is 0 Å². The van der Waals surface area contributed by atoms with E-state index in [4.69, 9.17) is 23.2 Å². The minimum atomic E-state index is -0.237. The first-order chi connectivity index (χ1) is 14.5. The topological polar surface area (TPSA) is 64.0 Å². The summed E-state index contributed by atoms with van der Waals surface area (Å²) in [4.78, 5) is 25.3. The number of nitrogens with zero attached hydrogens (tertiary/aromatic N) is 2. The maximum Gasteiger partial charge on any atom is 0.274 e. The van der Waals surface area contributed by atoms with Crippen molar-refractivity contribution in [2.45, 2.75) is 13.0 Å². The molecule has 0 aliphatic heterocycles. The summed E-state index contributed by atoms with van der Waals surface area (Å²) in [6, 6.07) is 21.5. The van der Waals surface area contributed by atoms with Crippen LogP contribution in [0.2, 0.25) is 10.0 Å². The second-order valence-electron chi connectivity index (χ2n) is 6.74. The van der Waals surface area contributed by atoms with Gasteiger partial charge in [-0.1, -0.05) is 59.6 Å². The van der Waals surface area contributed by atoms with E-state index in [9.17, 15) is 9.59 Å². The lowest BCUT2D eigenvalue weighted by atomic mass is 10.1. The highest BCUT2D eigenvalue weighted by molar-refractivity contribution is 6.31. The second-order valence-corrected chi connectivity index (χ2v) is 7.61. The second kappa shape index (κ2) is 8.69. The van der Waals surface area contributed by atoms with E-state index in [0.717, 1.165) is 10.9 Å². The van der Waals surface area contributed by atoms with Gasteiger partial charge in [-0.25, -0.2) is 4.68 Å². The summed E-state index contributed by atoms with van der Waals surface area (Å²) in [5.74, 6) is -0.229. The predicted octanol–water partition coefficient (Wildman–Crippen LogP) is 5.40. The number of halogens is 2. The molecule has 1 N–H and O–H groups in total. The van der Waals surface area contributed by atoms with Crippen LogP contribution < -0.4 is 10.9 Å². The van der Waals surface area contributed by atoms with Crippen molar-refractivity contribution >= 4 is 45.6 Å². The number of nitrogens with one attached hydrogen (secondary N) is 1. The Morgan fingerprint density at radius 3 is 2.37 bits per heavy atom. The van der Waals surface area contributed by atoms with Crippen molar-refractivity contribution < 1.29 is 4.79 Å². The molecule has 150 valence electrons. The van der Waals surface area contributed by atoms with Crippen molar-refractivity contribution in [3.63, 3.8) is 0 Å². The van der Waals surface area contributed by atoms with E-state index in [1.807, 2.05) is 30.3 Å². The quantitative estimate of drug-likeness (QED) is 0.454. The first-order valence-corrected chi connectivity index (χ1v) is 10.1. The summed E-state index contributed by atoms with van der Waals surface area (Å²) in [6.45, 7) is 0.149. The van der Waals surface area contributed by atoms with Crippen molar-refractivity contribution in [3.8, 4) is 11.3 Å². The Morgan fingerprint density at radius 1 is 0.900 bits per heavy atom. The molecule has 1 heterocycles. The van der Waals surface area contributed by atoms with Gasteiger partial charge >= 0.3 is 0 Å². The van der Waals surface area contributed by atoms with Gasteiger partial charge in [0.1, 0.15) is 0 Å². The van der Waals surface area contributed by atoms with Gasteiger partial charge in [-0.2, -0.15) is 5.10 Å². The van der Waals surface area contributed by atoms with Crippen molar-refractivity contribution in [3.05, 3.63) is 93.2 Å². The fraction of sp³-hybridized carbons (Fsp3) is 0.0870. The molecule has 7 heteroatoms. The highest BCUT2D eigenvalue weighted by Gasteiger charge is 2.13. The van der Waals surface area contributed by atoms with Crippen molar-refractivity contribution in [1.82, 2.24) is 9.78 Å². The Bertz CT molecular complexity index is 1280. The maximum absolute atomic E-state index is 12.9. The average Bonchev–Trinajstić information content (AvgIpc) is 2.74. The van der Waals surface area contributed by atoms with Crippen LogP contribution in [0.15, 0.2) is 77.6 Å². The molecule has 0 saturated carbocycles. The molecule has 0 aliphatic carbocycles. The van der Waals surface area contributed by atoms with Crippen LogP contribution in [-0.4, -0.2) is 15.7 Å². The zero-order valence-corrected chi connectivity index (χ0v) is 17.3. The third-order valence-corrected chi connectivity index (χ3v) is 5.13. The van der Waals surface area contributed by atoms with Crippen LogP contribution in [0.3, 0.4) is 0 Å². The number of aromatic nitrogens is 2. The summed E-state index contributed by atoms with van der Waals surface area (Å²) in [6.07, 6.45) is 0.0951. The highest BCUT2D eigenvalue weighted by atomic mass is 35.5. The molecule has 0 bridgehead atoms. The minimum absolute atomic E-state index is 0.0951. The lowest BCUT2D eigenvalue weighted by Gasteiger charge is -2.12. The monoisotopic (exact) mass is 437 g/mol. The largest absolute Gasteiger partial charge is 0.326 e. The van der Waals surface area contributed by atoms with E-state index in [1.54, 1.807) is 42.5 Å². The number of hydrogen-bond acceptors (Lipinski definition) is 3. The molecule has 3 aromatic carbocycles. The van der Waals surface area contributed by atoms with Crippen LogP contribution >= 0.6 is 23.2 Å². The molecular weight excluding hydrogens is 421 g/mol. The Kier molecular flexibility index (Phi) is 5.84. The molecule has 1 amide bonds. The molecule has 4 rings (SSSR count). The van der Waals surface area contributed by atoms with E-state index >= 15 is 0 Å². The lowest BCUT2D eigenvalue weighted by Crippen LogP contribution is -2.26. The van der Waals surface area contributed by atoms with E-state index in [-0.39, 0.29) is 24.4 Å². The van der Waals surface area contributed by atoms with Gasteiger partial charge in [-0.05, 0) is 36.4 Å². The molecule has 1 aromatic heterocycles. The Morgan fingerprint density at radius 2 is 1.63 bits per heavy atom. The number of benzene rings is 3. The van der Waals surface area contributed by atoms with Crippen molar-refractivity contribution in [2.24, 2.45) is 0 Å². The van der Waals surface area contributed by atoms with Crippen LogP contribution in [0, 0.1) is 0 Å². The highest BCUT2D eigenvalue weighted by Crippen LogP contribution is 2.26. The number of hydrogen-bond donors (Lipinski definition) is 1. The van der Waals surface area contributed by atoms with Crippen LogP contribution in [0.25, 0.3) is 22.0 Å². The van der Waals surface area contributed by atoms with E-state index in [2.05, 4.69) is 10.4 Å². The summed E-state index contributed by atoms with van der Waals surface area (Å²) in [5, 5.41) is 9.79. The normalized spacial score (nSPS) is 10.9. The Balaban J connectivity index is 1.64. The van der Waals surface area contributed by atoms with Gasteiger partial charge in [0.25, 0.3) is 5.56 Å². The summed E-state index contributed by atoms with van der Waals surface area (Å²) in [5.41, 5.74) is 1.87. The lowest BCUT2D eigenvalue weighted by molar-refractivity contribution is -0.116. The first-order valence-electron chi connectivity index (χ1n) is 9.32. The van der Waals surface area contributed by atoms with Gasteiger partial charge in [0.2, 0.25) is 5.91 Å². The standard InChI is InChI=1S/C23H17Cl2N3O2/c24-16-10-8-15(9-11-16)22-19-6-1-2-7-20(19)23(30)28(27-22)13-12-21(29)26-18-5-3-4-17(25)14-18/h1-11,14H,12-13H2,(H,26,29).